The van der Waals surface area contributed by atoms with E-state index in [4.69, 9.17) is 5.48 Å². The van der Waals surface area contributed by atoms with Crippen LogP contribution in [0.15, 0.2) is 34.7 Å². The van der Waals surface area contributed by atoms with Crippen LogP contribution in [0.25, 0.3) is 0 Å². The van der Waals surface area contributed by atoms with Gasteiger partial charge in [0, 0.05) is 4.47 Å². The van der Waals surface area contributed by atoms with E-state index >= 15 is 0 Å². The summed E-state index contributed by atoms with van der Waals surface area (Å²) in [6.45, 7) is 0. The zero-order chi connectivity index (χ0) is 8.59. The molecule has 7 heavy (non-hydrogen) atoms. The first-order valence-electron chi connectivity index (χ1n) is 3.77. The van der Waals surface area contributed by atoms with Gasteiger partial charge in [-0.1, -0.05) is 34.1 Å². The summed E-state index contributed by atoms with van der Waals surface area (Å²) in [6, 6.07) is 0.884. The molecule has 0 saturated heterocycles. The van der Waals surface area contributed by atoms with Crippen molar-refractivity contribution in [1.29, 1.82) is 0 Å². The second-order valence-corrected chi connectivity index (χ2v) is 1.87. The highest BCUT2D eigenvalue weighted by Gasteiger charge is 1.74. The van der Waals surface area contributed by atoms with Gasteiger partial charge in [0.1, 0.15) is 0 Å². The van der Waals surface area contributed by atoms with Crippen LogP contribution in [-0.4, -0.2) is 0 Å². The lowest BCUT2D eigenvalue weighted by atomic mass is 10.4. The molecule has 1 aromatic carbocycles. The van der Waals surface area contributed by atoms with Gasteiger partial charge in [-0.3, -0.25) is 0 Å². The summed E-state index contributed by atoms with van der Waals surface area (Å²) in [5.41, 5.74) is 0. The molecule has 0 aliphatic rings. The van der Waals surface area contributed by atoms with Crippen LogP contribution in [0.2, 0.25) is 0 Å². The van der Waals surface area contributed by atoms with Crippen molar-refractivity contribution in [1.82, 2.24) is 0 Å². The van der Waals surface area contributed by atoms with Crippen molar-refractivity contribution < 1.29 is 5.48 Å². The fraction of sp³-hybridized carbons (Fsp3) is 0. The monoisotopic (exact) mass is 160 g/mol. The van der Waals surface area contributed by atoms with E-state index in [0.717, 1.165) is 0 Å². The topological polar surface area (TPSA) is 0 Å². The Morgan fingerprint density at radius 2 is 2.29 bits per heavy atom. The first-order valence-corrected chi connectivity index (χ1v) is 2.56. The average Bonchev–Trinajstić information content (AvgIpc) is 1.97. The molecule has 0 radical (unpaired) electrons. The molecule has 0 nitrogen and oxygen atoms in total. The highest BCUT2D eigenvalue weighted by Crippen LogP contribution is 2.05. The second kappa shape index (κ2) is 2.12. The molecule has 36 valence electrons. The number of benzene rings is 1. The van der Waals surface area contributed by atoms with Gasteiger partial charge < -0.3 is 0 Å². The Balaban J connectivity index is 3.46. The van der Waals surface area contributed by atoms with Gasteiger partial charge in [-0.25, -0.2) is 0 Å². The second-order valence-electron chi connectivity index (χ2n) is 1.01. The zero-order valence-electron chi connectivity index (χ0n) is 7.46. The summed E-state index contributed by atoms with van der Waals surface area (Å²) in [5, 5.41) is 0. The molecule has 0 aliphatic heterocycles. The van der Waals surface area contributed by atoms with Crippen molar-refractivity contribution in [3.63, 3.8) is 0 Å². The van der Waals surface area contributed by atoms with E-state index < -0.39 is 0 Å². The number of rotatable bonds is 0. The van der Waals surface area contributed by atoms with Gasteiger partial charge in [0.05, 0.1) is 5.48 Å². The van der Waals surface area contributed by atoms with E-state index in [-0.39, 0.29) is 24.2 Å². The molecule has 0 saturated carbocycles. The van der Waals surface area contributed by atoms with Crippen LogP contribution < -0.4 is 0 Å². The first-order chi connectivity index (χ1) is 5.04. The van der Waals surface area contributed by atoms with Crippen LogP contribution in [0.3, 0.4) is 0 Å². The predicted octanol–water partition coefficient (Wildman–Crippen LogP) is 2.45. The summed E-state index contributed by atoms with van der Waals surface area (Å²) in [5.74, 6) is 0. The lowest BCUT2D eigenvalue weighted by molar-refractivity contribution is 1.66. The number of hydrogen-bond acceptors (Lipinski definition) is 0. The van der Waals surface area contributed by atoms with Crippen LogP contribution >= 0.6 is 15.9 Å². The molecule has 0 atom stereocenters. The van der Waals surface area contributed by atoms with Gasteiger partial charge in [-0.05, 0) is 12.1 Å². The molecule has 0 N–H and O–H groups in total. The van der Waals surface area contributed by atoms with E-state index in [9.17, 15) is 0 Å². The highest BCUT2D eigenvalue weighted by atomic mass is 79.9. The molecule has 0 fully saturated rings. The van der Waals surface area contributed by atoms with Crippen molar-refractivity contribution in [3.05, 3.63) is 34.7 Å². The van der Waals surface area contributed by atoms with Gasteiger partial charge in [0.2, 0.25) is 0 Å². The molecule has 0 bridgehead atoms. The van der Waals surface area contributed by atoms with Gasteiger partial charge in [-0.15, -0.1) is 0 Å². The zero-order valence-corrected chi connectivity index (χ0v) is 5.04. The summed E-state index contributed by atoms with van der Waals surface area (Å²) >= 11 is 3.02. The van der Waals surface area contributed by atoms with E-state index in [1.165, 1.54) is 6.07 Å². The smallest absolute Gasteiger partial charge is 0.0622 e. The Kier molecular flexibility index (Phi) is 0.577. The van der Waals surface area contributed by atoms with Crippen LogP contribution in [0.1, 0.15) is 5.48 Å². The molecule has 0 unspecified atom stereocenters. The van der Waals surface area contributed by atoms with Gasteiger partial charge >= 0.3 is 0 Å². The van der Waals surface area contributed by atoms with Gasteiger partial charge in [-0.2, -0.15) is 0 Å². The molecule has 0 amide bonds. The molecule has 0 aliphatic carbocycles. The highest BCUT2D eigenvalue weighted by molar-refractivity contribution is 9.10. The van der Waals surface area contributed by atoms with Crippen molar-refractivity contribution in [2.24, 2.45) is 0 Å². The van der Waals surface area contributed by atoms with Gasteiger partial charge in [0.25, 0.3) is 0 Å². The maximum Gasteiger partial charge on any atom is 0.0635 e. The molecule has 1 heteroatoms. The first kappa shape index (κ1) is 1.90. The molecule has 0 aromatic heterocycles. The predicted molar refractivity (Wildman–Crippen MR) is 34.1 cm³/mol. The standard InChI is InChI=1S/C6H5Br/c7-6-4-2-1-3-5-6/h1-5H/i1D,2D,3D,4D. The normalized spacial score (nSPS) is 16.7. The Labute approximate surface area is 56.9 Å². The minimum absolute atomic E-state index is 0.0297. The summed E-state index contributed by atoms with van der Waals surface area (Å²) in [4.78, 5) is 0. The van der Waals surface area contributed by atoms with Crippen LogP contribution in [0.5, 0.6) is 0 Å². The third-order valence-electron chi connectivity index (χ3n) is 0.515. The Morgan fingerprint density at radius 3 is 3.14 bits per heavy atom. The molecular formula is C6H5Br. The van der Waals surface area contributed by atoms with Crippen LogP contribution in [-0.2, 0) is 0 Å². The molecule has 0 heterocycles. The summed E-state index contributed by atoms with van der Waals surface area (Å²) < 4.78 is 29.2. The largest absolute Gasteiger partial charge is 0.0635 e. The van der Waals surface area contributed by atoms with E-state index in [2.05, 4.69) is 15.9 Å². The average molecular weight is 161 g/mol. The fourth-order valence-corrected chi connectivity index (χ4v) is 0.476. The maximum absolute atomic E-state index is 7.24. The Bertz CT molecular complexity index is 271. The van der Waals surface area contributed by atoms with Crippen molar-refractivity contribution in [3.8, 4) is 0 Å². The Morgan fingerprint density at radius 1 is 1.43 bits per heavy atom. The molecule has 0 spiro atoms. The quantitative estimate of drug-likeness (QED) is 0.548. The fourth-order valence-electron chi connectivity index (χ4n) is 0.263. The van der Waals surface area contributed by atoms with Crippen LogP contribution in [0.4, 0.5) is 0 Å². The third-order valence-corrected chi connectivity index (χ3v) is 0.943. The number of halogens is 1. The lowest BCUT2D eigenvalue weighted by Crippen LogP contribution is -1.55. The SMILES string of the molecule is [2H]c1cc(Br)c([2H])c([2H])c1[2H]. The summed E-state index contributed by atoms with van der Waals surface area (Å²) in [7, 11) is 0. The third kappa shape index (κ3) is 1.32. The minimum atomic E-state index is -0.204. The molecule has 1 aromatic rings. The Hall–Kier alpha value is -0.300. The van der Waals surface area contributed by atoms with E-state index in [0.29, 0.717) is 4.47 Å². The lowest BCUT2D eigenvalue weighted by Gasteiger charge is -1.80. The number of hydrogen-bond donors (Lipinski definition) is 0. The van der Waals surface area contributed by atoms with Crippen molar-refractivity contribution >= 4 is 15.9 Å². The van der Waals surface area contributed by atoms with Crippen molar-refractivity contribution in [2.45, 2.75) is 0 Å². The van der Waals surface area contributed by atoms with Crippen LogP contribution in [0, 0.1) is 0 Å². The van der Waals surface area contributed by atoms with Gasteiger partial charge in [0.15, 0.2) is 0 Å². The minimum Gasteiger partial charge on any atom is -0.0622 e. The van der Waals surface area contributed by atoms with E-state index in [1.807, 2.05) is 0 Å². The maximum atomic E-state index is 7.24. The molecular weight excluding hydrogens is 152 g/mol. The molecule has 1 rings (SSSR count). The van der Waals surface area contributed by atoms with E-state index in [1.54, 1.807) is 0 Å². The summed E-state index contributed by atoms with van der Waals surface area (Å²) in [6.07, 6.45) is 0. The van der Waals surface area contributed by atoms with Crippen molar-refractivity contribution in [2.75, 3.05) is 0 Å².